The summed E-state index contributed by atoms with van der Waals surface area (Å²) in [6, 6.07) is 5.17. The molecular weight excluding hydrogens is 212 g/mol. The van der Waals surface area contributed by atoms with Crippen molar-refractivity contribution in [2.45, 2.75) is 25.4 Å². The van der Waals surface area contributed by atoms with Gasteiger partial charge in [0.2, 0.25) is 0 Å². The molecule has 0 amide bonds. The highest BCUT2D eigenvalue weighted by Crippen LogP contribution is 2.59. The summed E-state index contributed by atoms with van der Waals surface area (Å²) in [5.41, 5.74) is 2.38. The van der Waals surface area contributed by atoms with E-state index in [1.54, 1.807) is 12.1 Å². The Balaban J connectivity index is 1.95. The Morgan fingerprint density at radius 3 is 2.88 bits per heavy atom. The van der Waals surface area contributed by atoms with E-state index < -0.39 is 6.61 Å². The van der Waals surface area contributed by atoms with E-state index in [0.717, 1.165) is 24.2 Å². The predicted molar refractivity (Wildman–Crippen MR) is 57.0 cm³/mol. The second-order valence-corrected chi connectivity index (χ2v) is 4.70. The van der Waals surface area contributed by atoms with Crippen LogP contribution in [0.2, 0.25) is 0 Å². The van der Waals surface area contributed by atoms with Gasteiger partial charge in [0.1, 0.15) is 5.75 Å². The molecule has 0 aromatic heterocycles. The SMILES string of the molecule is CC1CC12CNc1ccc(OC(F)F)cc12. The Bertz CT molecular complexity index is 435. The largest absolute Gasteiger partial charge is 0.435 e. The smallest absolute Gasteiger partial charge is 0.387 e. The number of hydrogen-bond donors (Lipinski definition) is 1. The van der Waals surface area contributed by atoms with Gasteiger partial charge in [-0.3, -0.25) is 0 Å². The van der Waals surface area contributed by atoms with E-state index in [-0.39, 0.29) is 11.2 Å². The highest BCUT2D eigenvalue weighted by molar-refractivity contribution is 5.65. The lowest BCUT2D eigenvalue weighted by atomic mass is 9.96. The third kappa shape index (κ3) is 1.29. The molecule has 1 fully saturated rings. The normalized spacial score (nSPS) is 30.4. The van der Waals surface area contributed by atoms with Crippen molar-refractivity contribution in [1.29, 1.82) is 0 Å². The predicted octanol–water partition coefficient (Wildman–Crippen LogP) is 2.99. The molecule has 16 heavy (non-hydrogen) atoms. The van der Waals surface area contributed by atoms with Crippen LogP contribution in [-0.4, -0.2) is 13.2 Å². The highest BCUT2D eigenvalue weighted by Gasteiger charge is 2.55. The Labute approximate surface area is 92.6 Å². The zero-order valence-corrected chi connectivity index (χ0v) is 8.97. The molecule has 1 saturated carbocycles. The molecule has 1 aliphatic carbocycles. The van der Waals surface area contributed by atoms with Gasteiger partial charge in [-0.15, -0.1) is 0 Å². The van der Waals surface area contributed by atoms with Gasteiger partial charge in [-0.25, -0.2) is 0 Å². The summed E-state index contributed by atoms with van der Waals surface area (Å²) in [6.07, 6.45) is 1.13. The van der Waals surface area contributed by atoms with Crippen molar-refractivity contribution in [3.8, 4) is 5.75 Å². The molecule has 3 rings (SSSR count). The molecule has 1 N–H and O–H groups in total. The lowest BCUT2D eigenvalue weighted by Gasteiger charge is -2.10. The van der Waals surface area contributed by atoms with E-state index >= 15 is 0 Å². The molecule has 1 aliphatic heterocycles. The van der Waals surface area contributed by atoms with Gasteiger partial charge in [-0.05, 0) is 36.1 Å². The summed E-state index contributed by atoms with van der Waals surface area (Å²) in [5, 5.41) is 3.32. The van der Waals surface area contributed by atoms with Crippen molar-refractivity contribution in [2.75, 3.05) is 11.9 Å². The van der Waals surface area contributed by atoms with Crippen molar-refractivity contribution in [3.05, 3.63) is 23.8 Å². The summed E-state index contributed by atoms with van der Waals surface area (Å²) >= 11 is 0. The lowest BCUT2D eigenvalue weighted by molar-refractivity contribution is -0.0498. The minimum absolute atomic E-state index is 0.177. The highest BCUT2D eigenvalue weighted by atomic mass is 19.3. The van der Waals surface area contributed by atoms with E-state index in [4.69, 9.17) is 0 Å². The number of benzene rings is 1. The van der Waals surface area contributed by atoms with Gasteiger partial charge in [0.25, 0.3) is 0 Å². The summed E-state index contributed by atoms with van der Waals surface area (Å²) in [5.74, 6) is 0.888. The molecule has 1 heterocycles. The van der Waals surface area contributed by atoms with Crippen LogP contribution in [0.3, 0.4) is 0 Å². The fraction of sp³-hybridized carbons (Fsp3) is 0.500. The lowest BCUT2D eigenvalue weighted by Crippen LogP contribution is -2.11. The molecule has 0 saturated heterocycles. The van der Waals surface area contributed by atoms with Gasteiger partial charge >= 0.3 is 6.61 Å². The number of halogens is 2. The molecule has 0 radical (unpaired) electrons. The monoisotopic (exact) mass is 225 g/mol. The number of anilines is 1. The van der Waals surface area contributed by atoms with Crippen LogP contribution < -0.4 is 10.1 Å². The van der Waals surface area contributed by atoms with Gasteiger partial charge < -0.3 is 10.1 Å². The van der Waals surface area contributed by atoms with E-state index in [2.05, 4.69) is 17.0 Å². The number of ether oxygens (including phenoxy) is 1. The first-order valence-electron chi connectivity index (χ1n) is 5.45. The average molecular weight is 225 g/mol. The van der Waals surface area contributed by atoms with Crippen molar-refractivity contribution in [2.24, 2.45) is 5.92 Å². The fourth-order valence-electron chi connectivity index (χ4n) is 2.72. The summed E-state index contributed by atoms with van der Waals surface area (Å²) in [4.78, 5) is 0. The first kappa shape index (κ1) is 9.87. The minimum atomic E-state index is -2.75. The van der Waals surface area contributed by atoms with Gasteiger partial charge in [-0.1, -0.05) is 6.92 Å². The molecule has 1 aromatic rings. The van der Waals surface area contributed by atoms with E-state index in [9.17, 15) is 8.78 Å². The van der Waals surface area contributed by atoms with Gasteiger partial charge in [0, 0.05) is 17.6 Å². The van der Waals surface area contributed by atoms with E-state index in [0.29, 0.717) is 5.92 Å². The first-order valence-corrected chi connectivity index (χ1v) is 5.45. The van der Waals surface area contributed by atoms with Crippen LogP contribution >= 0.6 is 0 Å². The molecule has 2 atom stereocenters. The number of fused-ring (bicyclic) bond motifs is 2. The molecule has 2 nitrogen and oxygen atoms in total. The first-order chi connectivity index (χ1) is 7.62. The summed E-state index contributed by atoms with van der Waals surface area (Å²) in [7, 11) is 0. The zero-order valence-electron chi connectivity index (χ0n) is 8.97. The van der Waals surface area contributed by atoms with Gasteiger partial charge in [-0.2, -0.15) is 8.78 Å². The van der Waals surface area contributed by atoms with Crippen molar-refractivity contribution in [3.63, 3.8) is 0 Å². The molecule has 2 aliphatic rings. The summed E-state index contributed by atoms with van der Waals surface area (Å²) in [6.45, 7) is 0.360. The zero-order chi connectivity index (χ0) is 11.3. The van der Waals surface area contributed by atoms with Crippen molar-refractivity contribution >= 4 is 5.69 Å². The number of alkyl halides is 2. The molecule has 2 unspecified atom stereocenters. The minimum Gasteiger partial charge on any atom is -0.435 e. The third-order valence-corrected chi connectivity index (χ3v) is 3.80. The van der Waals surface area contributed by atoms with E-state index in [1.165, 1.54) is 0 Å². The Kier molecular flexibility index (Phi) is 1.91. The van der Waals surface area contributed by atoms with E-state index in [1.807, 2.05) is 6.07 Å². The maximum absolute atomic E-state index is 12.1. The van der Waals surface area contributed by atoms with Crippen LogP contribution in [0.5, 0.6) is 5.75 Å². The average Bonchev–Trinajstić information content (AvgIpc) is 2.72. The van der Waals surface area contributed by atoms with Crippen LogP contribution in [0.4, 0.5) is 14.5 Å². The van der Waals surface area contributed by atoms with Crippen LogP contribution in [-0.2, 0) is 5.41 Å². The summed E-state index contributed by atoms with van der Waals surface area (Å²) < 4.78 is 28.7. The Hall–Kier alpha value is -1.32. The quantitative estimate of drug-likeness (QED) is 0.835. The number of nitrogens with one attached hydrogen (secondary N) is 1. The molecule has 0 bridgehead atoms. The van der Waals surface area contributed by atoms with Crippen LogP contribution in [0.25, 0.3) is 0 Å². The Morgan fingerprint density at radius 1 is 1.50 bits per heavy atom. The molecule has 4 heteroatoms. The maximum Gasteiger partial charge on any atom is 0.387 e. The molecule has 1 aromatic carbocycles. The maximum atomic E-state index is 12.1. The van der Waals surface area contributed by atoms with Crippen molar-refractivity contribution < 1.29 is 13.5 Å². The number of hydrogen-bond acceptors (Lipinski definition) is 2. The number of rotatable bonds is 2. The molecular formula is C12H13F2NO. The van der Waals surface area contributed by atoms with Gasteiger partial charge in [0.05, 0.1) is 0 Å². The molecule has 1 spiro atoms. The second-order valence-electron chi connectivity index (χ2n) is 4.70. The standard InChI is InChI=1S/C12H13F2NO/c1-7-5-12(7)6-15-10-3-2-8(4-9(10)12)16-11(13)14/h2-4,7,11,15H,5-6H2,1H3. The van der Waals surface area contributed by atoms with Crippen LogP contribution in [0, 0.1) is 5.92 Å². The third-order valence-electron chi connectivity index (χ3n) is 3.80. The van der Waals surface area contributed by atoms with Crippen molar-refractivity contribution in [1.82, 2.24) is 0 Å². The fourth-order valence-corrected chi connectivity index (χ4v) is 2.72. The molecule has 86 valence electrons. The second kappa shape index (κ2) is 3.09. The van der Waals surface area contributed by atoms with Gasteiger partial charge in [0.15, 0.2) is 0 Å². The topological polar surface area (TPSA) is 21.3 Å². The Morgan fingerprint density at radius 2 is 2.25 bits per heavy atom. The van der Waals surface area contributed by atoms with Crippen LogP contribution in [0.15, 0.2) is 18.2 Å². The van der Waals surface area contributed by atoms with Crippen LogP contribution in [0.1, 0.15) is 18.9 Å².